The topological polar surface area (TPSA) is 26.0 Å². The molecule has 1 nitrogen and oxygen atoms in total. The molecule has 0 fully saturated rings. The molecule has 0 aromatic heterocycles. The summed E-state index contributed by atoms with van der Waals surface area (Å²) in [4.78, 5) is 0. The summed E-state index contributed by atoms with van der Waals surface area (Å²) >= 11 is 0. The van der Waals surface area contributed by atoms with Crippen molar-refractivity contribution in [2.45, 2.75) is 13.3 Å². The third kappa shape index (κ3) is 1.80. The molecule has 0 saturated heterocycles. The molecule has 0 aliphatic carbocycles. The summed E-state index contributed by atoms with van der Waals surface area (Å²) in [5.41, 5.74) is 6.83. The second kappa shape index (κ2) is 3.63. The number of halogens is 2. The van der Waals surface area contributed by atoms with E-state index in [-0.39, 0.29) is 0 Å². The van der Waals surface area contributed by atoms with E-state index in [2.05, 4.69) is 0 Å². The molecule has 1 rings (SSSR count). The molecule has 0 bridgehead atoms. The maximum absolute atomic E-state index is 12.7. The van der Waals surface area contributed by atoms with E-state index in [1.807, 2.05) is 0 Å². The van der Waals surface area contributed by atoms with Crippen molar-refractivity contribution in [3.05, 3.63) is 34.9 Å². The molecule has 2 N–H and O–H groups in total. The van der Waals surface area contributed by atoms with Crippen LogP contribution in [0.1, 0.15) is 11.1 Å². The molecule has 1 aromatic rings. The molecule has 0 aliphatic heterocycles. The van der Waals surface area contributed by atoms with Crippen molar-refractivity contribution < 1.29 is 8.78 Å². The molecule has 1 aromatic carbocycles. The van der Waals surface area contributed by atoms with E-state index >= 15 is 0 Å². The molecule has 0 spiro atoms. The standard InChI is InChI=1S/C9H11F2N/c1-6-4-8(10)9(11)5-7(6)2-3-12/h4-5H,2-3,12H2,1H3. The molecule has 0 aliphatic rings. The Balaban J connectivity index is 3.05. The highest BCUT2D eigenvalue weighted by molar-refractivity contribution is 5.27. The van der Waals surface area contributed by atoms with Crippen molar-refractivity contribution in [3.8, 4) is 0 Å². The van der Waals surface area contributed by atoms with E-state index in [0.717, 1.165) is 11.1 Å². The Morgan fingerprint density at radius 2 is 1.83 bits per heavy atom. The van der Waals surface area contributed by atoms with Gasteiger partial charge in [-0.2, -0.15) is 0 Å². The summed E-state index contributed by atoms with van der Waals surface area (Å²) in [7, 11) is 0. The highest BCUT2D eigenvalue weighted by atomic mass is 19.2. The van der Waals surface area contributed by atoms with Crippen LogP contribution in [-0.2, 0) is 6.42 Å². The van der Waals surface area contributed by atoms with Gasteiger partial charge in [-0.3, -0.25) is 0 Å². The molecule has 0 amide bonds. The Morgan fingerprint density at radius 1 is 1.25 bits per heavy atom. The van der Waals surface area contributed by atoms with Crippen LogP contribution in [0.2, 0.25) is 0 Å². The van der Waals surface area contributed by atoms with E-state index in [4.69, 9.17) is 5.73 Å². The van der Waals surface area contributed by atoms with Crippen LogP contribution in [0.4, 0.5) is 8.78 Å². The van der Waals surface area contributed by atoms with Gasteiger partial charge in [0.1, 0.15) is 0 Å². The van der Waals surface area contributed by atoms with Gasteiger partial charge in [0, 0.05) is 0 Å². The monoisotopic (exact) mass is 171 g/mol. The van der Waals surface area contributed by atoms with E-state index < -0.39 is 11.6 Å². The van der Waals surface area contributed by atoms with Crippen LogP contribution >= 0.6 is 0 Å². The lowest BCUT2D eigenvalue weighted by Crippen LogP contribution is -2.05. The van der Waals surface area contributed by atoms with Crippen molar-refractivity contribution in [2.24, 2.45) is 5.73 Å². The highest BCUT2D eigenvalue weighted by Gasteiger charge is 2.05. The van der Waals surface area contributed by atoms with Gasteiger partial charge in [-0.15, -0.1) is 0 Å². The lowest BCUT2D eigenvalue weighted by molar-refractivity contribution is 0.506. The molecular weight excluding hydrogens is 160 g/mol. The number of aryl methyl sites for hydroxylation is 1. The number of benzene rings is 1. The van der Waals surface area contributed by atoms with Crippen LogP contribution in [-0.4, -0.2) is 6.54 Å². The molecule has 12 heavy (non-hydrogen) atoms. The van der Waals surface area contributed by atoms with Crippen molar-refractivity contribution in [1.29, 1.82) is 0 Å². The Hall–Kier alpha value is -0.960. The third-order valence-corrected chi connectivity index (χ3v) is 1.79. The van der Waals surface area contributed by atoms with Gasteiger partial charge >= 0.3 is 0 Å². The fourth-order valence-corrected chi connectivity index (χ4v) is 1.11. The Morgan fingerprint density at radius 3 is 2.42 bits per heavy atom. The zero-order valence-corrected chi connectivity index (χ0v) is 6.90. The first-order chi connectivity index (χ1) is 5.65. The average molecular weight is 171 g/mol. The zero-order valence-electron chi connectivity index (χ0n) is 6.90. The molecule has 0 unspecified atom stereocenters. The van der Waals surface area contributed by atoms with Gasteiger partial charge in [0.15, 0.2) is 11.6 Å². The molecular formula is C9H11F2N. The second-order valence-corrected chi connectivity index (χ2v) is 2.73. The van der Waals surface area contributed by atoms with Crippen LogP contribution in [0.3, 0.4) is 0 Å². The summed E-state index contributed by atoms with van der Waals surface area (Å²) in [6.45, 7) is 2.19. The van der Waals surface area contributed by atoms with Gasteiger partial charge in [0.05, 0.1) is 0 Å². The lowest BCUT2D eigenvalue weighted by atomic mass is 10.1. The number of nitrogens with two attached hydrogens (primary N) is 1. The largest absolute Gasteiger partial charge is 0.330 e. The predicted molar refractivity (Wildman–Crippen MR) is 43.9 cm³/mol. The Kier molecular flexibility index (Phi) is 2.76. The summed E-state index contributed by atoms with van der Waals surface area (Å²) in [6.07, 6.45) is 0.586. The van der Waals surface area contributed by atoms with Gasteiger partial charge in [-0.1, -0.05) is 0 Å². The van der Waals surface area contributed by atoms with Crippen molar-refractivity contribution in [3.63, 3.8) is 0 Å². The van der Waals surface area contributed by atoms with Gasteiger partial charge in [-0.05, 0) is 43.1 Å². The predicted octanol–water partition coefficient (Wildman–Crippen LogP) is 1.77. The van der Waals surface area contributed by atoms with Crippen LogP contribution in [0.15, 0.2) is 12.1 Å². The van der Waals surface area contributed by atoms with Crippen LogP contribution in [0, 0.1) is 18.6 Å². The van der Waals surface area contributed by atoms with Gasteiger partial charge in [-0.25, -0.2) is 8.78 Å². The molecule has 3 heteroatoms. The minimum atomic E-state index is -0.802. The fourth-order valence-electron chi connectivity index (χ4n) is 1.11. The summed E-state index contributed by atoms with van der Waals surface area (Å²) < 4.78 is 25.3. The Bertz CT molecular complexity index is 284. The summed E-state index contributed by atoms with van der Waals surface area (Å²) in [5, 5.41) is 0. The van der Waals surface area contributed by atoms with Gasteiger partial charge < -0.3 is 5.73 Å². The first kappa shape index (κ1) is 9.13. The number of rotatable bonds is 2. The summed E-state index contributed by atoms with van der Waals surface area (Å²) in [5.74, 6) is -1.60. The molecule has 0 saturated carbocycles. The first-order valence-corrected chi connectivity index (χ1v) is 3.79. The van der Waals surface area contributed by atoms with Crippen LogP contribution < -0.4 is 5.73 Å². The smallest absolute Gasteiger partial charge is 0.159 e. The molecule has 0 atom stereocenters. The minimum Gasteiger partial charge on any atom is -0.330 e. The van der Waals surface area contributed by atoms with Crippen molar-refractivity contribution in [2.75, 3.05) is 6.54 Å². The molecule has 0 heterocycles. The SMILES string of the molecule is Cc1cc(F)c(F)cc1CCN. The van der Waals surface area contributed by atoms with Crippen molar-refractivity contribution >= 4 is 0 Å². The van der Waals surface area contributed by atoms with E-state index in [1.54, 1.807) is 6.92 Å². The highest BCUT2D eigenvalue weighted by Crippen LogP contribution is 2.14. The van der Waals surface area contributed by atoms with Crippen LogP contribution in [0.5, 0.6) is 0 Å². The summed E-state index contributed by atoms with van der Waals surface area (Å²) in [6, 6.07) is 2.40. The Labute approximate surface area is 70.2 Å². The molecule has 0 radical (unpaired) electrons. The average Bonchev–Trinajstić information content (AvgIpc) is 2.01. The van der Waals surface area contributed by atoms with E-state index in [1.165, 1.54) is 12.1 Å². The second-order valence-electron chi connectivity index (χ2n) is 2.73. The van der Waals surface area contributed by atoms with Gasteiger partial charge in [0.2, 0.25) is 0 Å². The zero-order chi connectivity index (χ0) is 9.14. The lowest BCUT2D eigenvalue weighted by Gasteiger charge is -2.04. The number of hydrogen-bond acceptors (Lipinski definition) is 1. The maximum Gasteiger partial charge on any atom is 0.159 e. The normalized spacial score (nSPS) is 10.3. The van der Waals surface area contributed by atoms with E-state index in [9.17, 15) is 8.78 Å². The first-order valence-electron chi connectivity index (χ1n) is 3.79. The van der Waals surface area contributed by atoms with E-state index in [0.29, 0.717) is 13.0 Å². The van der Waals surface area contributed by atoms with Crippen molar-refractivity contribution in [1.82, 2.24) is 0 Å². The molecule has 66 valence electrons. The fraction of sp³-hybridized carbons (Fsp3) is 0.333. The number of hydrogen-bond donors (Lipinski definition) is 1. The quantitative estimate of drug-likeness (QED) is 0.721. The van der Waals surface area contributed by atoms with Crippen LogP contribution in [0.25, 0.3) is 0 Å². The maximum atomic E-state index is 12.7. The minimum absolute atomic E-state index is 0.450. The van der Waals surface area contributed by atoms with Gasteiger partial charge in [0.25, 0.3) is 0 Å². The third-order valence-electron chi connectivity index (χ3n) is 1.79.